The zero-order valence-electron chi connectivity index (χ0n) is 15.3. The first-order valence-corrected chi connectivity index (χ1v) is 8.78. The number of methoxy groups -OCH3 is 1. The number of carbonyl (C=O) groups is 1. The third kappa shape index (κ3) is 6.11. The van der Waals surface area contributed by atoms with E-state index in [1.54, 1.807) is 19.3 Å². The van der Waals surface area contributed by atoms with Crippen LogP contribution in [0, 0.1) is 0 Å². The van der Waals surface area contributed by atoms with Gasteiger partial charge >= 0.3 is 0 Å². The van der Waals surface area contributed by atoms with Crippen LogP contribution < -0.4 is 10.1 Å². The number of hydrogen-bond acceptors (Lipinski definition) is 2. The van der Waals surface area contributed by atoms with Gasteiger partial charge in [-0.05, 0) is 42.0 Å². The van der Waals surface area contributed by atoms with Crippen molar-refractivity contribution >= 4 is 12.0 Å². The van der Waals surface area contributed by atoms with Gasteiger partial charge in [-0.25, -0.2) is 0 Å². The number of rotatable bonds is 8. The van der Waals surface area contributed by atoms with Crippen molar-refractivity contribution in [2.45, 2.75) is 32.6 Å². The van der Waals surface area contributed by atoms with E-state index in [1.165, 1.54) is 11.1 Å². The Morgan fingerprint density at radius 3 is 2.52 bits per heavy atom. The van der Waals surface area contributed by atoms with Gasteiger partial charge in [0.2, 0.25) is 5.91 Å². The average Bonchev–Trinajstić information content (AvgIpc) is 2.64. The molecule has 0 saturated heterocycles. The molecular formula is C22H27NO2. The maximum Gasteiger partial charge on any atom is 0.244 e. The molecule has 3 nitrogen and oxygen atoms in total. The molecule has 0 aliphatic rings. The third-order valence-corrected chi connectivity index (χ3v) is 4.14. The molecular weight excluding hydrogens is 310 g/mol. The Bertz CT molecular complexity index is 702. The van der Waals surface area contributed by atoms with Gasteiger partial charge in [-0.2, -0.15) is 0 Å². The number of amides is 1. The lowest BCUT2D eigenvalue weighted by Gasteiger charge is -2.07. The summed E-state index contributed by atoms with van der Waals surface area (Å²) in [5, 5.41) is 2.92. The summed E-state index contributed by atoms with van der Waals surface area (Å²) in [7, 11) is 1.63. The summed E-state index contributed by atoms with van der Waals surface area (Å²) in [6.07, 6.45) is 5.22. The van der Waals surface area contributed by atoms with Gasteiger partial charge in [-0.1, -0.05) is 56.3 Å². The Kier molecular flexibility index (Phi) is 7.27. The molecule has 1 amide bonds. The van der Waals surface area contributed by atoms with Gasteiger partial charge in [0, 0.05) is 18.2 Å². The molecule has 3 heteroatoms. The summed E-state index contributed by atoms with van der Waals surface area (Å²) in [4.78, 5) is 11.9. The first-order chi connectivity index (χ1) is 12.1. The smallest absolute Gasteiger partial charge is 0.244 e. The van der Waals surface area contributed by atoms with Gasteiger partial charge in [0.25, 0.3) is 0 Å². The Morgan fingerprint density at radius 2 is 1.84 bits per heavy atom. The topological polar surface area (TPSA) is 38.3 Å². The van der Waals surface area contributed by atoms with E-state index < -0.39 is 0 Å². The Hall–Kier alpha value is -2.55. The molecule has 0 spiro atoms. The van der Waals surface area contributed by atoms with Gasteiger partial charge < -0.3 is 10.1 Å². The first-order valence-electron chi connectivity index (χ1n) is 8.78. The van der Waals surface area contributed by atoms with E-state index in [1.807, 2.05) is 24.3 Å². The monoisotopic (exact) mass is 337 g/mol. The second-order valence-corrected chi connectivity index (χ2v) is 6.37. The van der Waals surface area contributed by atoms with E-state index in [2.05, 4.69) is 43.4 Å². The van der Waals surface area contributed by atoms with Crippen molar-refractivity contribution in [2.75, 3.05) is 13.7 Å². The number of nitrogens with one attached hydrogen (secondary N) is 1. The number of ether oxygens (including phenoxy) is 1. The minimum Gasteiger partial charge on any atom is -0.496 e. The standard InChI is InChI=1S/C22H27NO2/c1-17(2)19-12-10-18(11-13-19)7-6-16-23-22(24)15-14-20-8-4-5-9-21(20)25-3/h4-5,8-15,17H,6-7,16H2,1-3H3,(H,23,24)/b15-14+. The zero-order valence-corrected chi connectivity index (χ0v) is 15.3. The molecule has 0 atom stereocenters. The van der Waals surface area contributed by atoms with Crippen molar-refractivity contribution in [1.29, 1.82) is 0 Å². The summed E-state index contributed by atoms with van der Waals surface area (Å²) in [6.45, 7) is 5.06. The van der Waals surface area contributed by atoms with Crippen LogP contribution in [0.5, 0.6) is 5.75 Å². The van der Waals surface area contributed by atoms with Crippen molar-refractivity contribution in [3.63, 3.8) is 0 Å². The molecule has 2 aromatic carbocycles. The summed E-state index contributed by atoms with van der Waals surface area (Å²) in [5.41, 5.74) is 3.56. The van der Waals surface area contributed by atoms with Gasteiger partial charge in [0.1, 0.15) is 5.75 Å². The summed E-state index contributed by atoms with van der Waals surface area (Å²) in [6, 6.07) is 16.4. The number of aryl methyl sites for hydroxylation is 1. The fourth-order valence-electron chi connectivity index (χ4n) is 2.60. The normalized spacial score (nSPS) is 11.0. The molecule has 0 saturated carbocycles. The van der Waals surface area contributed by atoms with E-state index in [4.69, 9.17) is 4.74 Å². The second-order valence-electron chi connectivity index (χ2n) is 6.37. The predicted molar refractivity (Wildman–Crippen MR) is 104 cm³/mol. The third-order valence-electron chi connectivity index (χ3n) is 4.14. The SMILES string of the molecule is COc1ccccc1/C=C/C(=O)NCCCc1ccc(C(C)C)cc1. The van der Waals surface area contributed by atoms with Crippen LogP contribution in [0.15, 0.2) is 54.6 Å². The highest BCUT2D eigenvalue weighted by atomic mass is 16.5. The number of carbonyl (C=O) groups excluding carboxylic acids is 1. The highest BCUT2D eigenvalue weighted by Crippen LogP contribution is 2.18. The van der Waals surface area contributed by atoms with Crippen LogP contribution in [0.1, 0.15) is 42.9 Å². The number of benzene rings is 2. The number of para-hydroxylation sites is 1. The molecule has 132 valence electrons. The van der Waals surface area contributed by atoms with Crippen molar-refractivity contribution in [3.8, 4) is 5.75 Å². The lowest BCUT2D eigenvalue weighted by molar-refractivity contribution is -0.116. The molecule has 0 fully saturated rings. The molecule has 0 bridgehead atoms. The molecule has 0 aliphatic heterocycles. The predicted octanol–water partition coefficient (Wildman–Crippen LogP) is 4.58. The van der Waals surface area contributed by atoms with Crippen LogP contribution in [0.4, 0.5) is 0 Å². The van der Waals surface area contributed by atoms with E-state index in [-0.39, 0.29) is 5.91 Å². The maximum absolute atomic E-state index is 11.9. The van der Waals surface area contributed by atoms with E-state index in [0.717, 1.165) is 24.2 Å². The summed E-state index contributed by atoms with van der Waals surface area (Å²) < 4.78 is 5.27. The summed E-state index contributed by atoms with van der Waals surface area (Å²) >= 11 is 0. The van der Waals surface area contributed by atoms with Crippen LogP contribution >= 0.6 is 0 Å². The first kappa shape index (κ1) is 18.8. The van der Waals surface area contributed by atoms with Gasteiger partial charge in [-0.15, -0.1) is 0 Å². The van der Waals surface area contributed by atoms with Crippen molar-refractivity contribution in [1.82, 2.24) is 5.32 Å². The maximum atomic E-state index is 11.9. The molecule has 0 aliphatic carbocycles. The van der Waals surface area contributed by atoms with Crippen LogP contribution in [-0.2, 0) is 11.2 Å². The van der Waals surface area contributed by atoms with E-state index in [0.29, 0.717) is 12.5 Å². The quantitative estimate of drug-likeness (QED) is 0.565. The highest BCUT2D eigenvalue weighted by molar-refractivity contribution is 5.92. The van der Waals surface area contributed by atoms with Gasteiger partial charge in [-0.3, -0.25) is 4.79 Å². The van der Waals surface area contributed by atoms with Gasteiger partial charge in [0.05, 0.1) is 7.11 Å². The fraction of sp³-hybridized carbons (Fsp3) is 0.318. The van der Waals surface area contributed by atoms with E-state index in [9.17, 15) is 4.79 Å². The molecule has 0 unspecified atom stereocenters. The molecule has 25 heavy (non-hydrogen) atoms. The van der Waals surface area contributed by atoms with Crippen molar-refractivity contribution in [3.05, 3.63) is 71.3 Å². The van der Waals surface area contributed by atoms with Crippen LogP contribution in [0.2, 0.25) is 0 Å². The molecule has 0 aromatic heterocycles. The van der Waals surface area contributed by atoms with Crippen LogP contribution in [-0.4, -0.2) is 19.6 Å². The molecule has 0 heterocycles. The van der Waals surface area contributed by atoms with Gasteiger partial charge in [0.15, 0.2) is 0 Å². The van der Waals surface area contributed by atoms with Crippen molar-refractivity contribution in [2.24, 2.45) is 0 Å². The highest BCUT2D eigenvalue weighted by Gasteiger charge is 2.01. The summed E-state index contributed by atoms with van der Waals surface area (Å²) in [5.74, 6) is 1.24. The fourth-order valence-corrected chi connectivity index (χ4v) is 2.60. The molecule has 1 N–H and O–H groups in total. The lowest BCUT2D eigenvalue weighted by Crippen LogP contribution is -2.22. The average molecular weight is 337 g/mol. The Balaban J connectivity index is 1.74. The van der Waals surface area contributed by atoms with Crippen LogP contribution in [0.3, 0.4) is 0 Å². The second kappa shape index (κ2) is 9.67. The minimum atomic E-state index is -0.0824. The largest absolute Gasteiger partial charge is 0.496 e. The zero-order chi connectivity index (χ0) is 18.1. The molecule has 0 radical (unpaired) electrons. The lowest BCUT2D eigenvalue weighted by atomic mass is 10.0. The molecule has 2 aromatic rings. The number of hydrogen-bond donors (Lipinski definition) is 1. The van der Waals surface area contributed by atoms with Crippen LogP contribution in [0.25, 0.3) is 6.08 Å². The Labute approximate surface area is 150 Å². The Morgan fingerprint density at radius 1 is 1.12 bits per heavy atom. The molecule has 2 rings (SSSR count). The minimum absolute atomic E-state index is 0.0824. The van der Waals surface area contributed by atoms with Crippen molar-refractivity contribution < 1.29 is 9.53 Å². The van der Waals surface area contributed by atoms with E-state index >= 15 is 0 Å².